The Kier molecular flexibility index (Phi) is 7.95. The molecule has 0 radical (unpaired) electrons. The fraction of sp³-hybridized carbons (Fsp3) is 0.324. The summed E-state index contributed by atoms with van der Waals surface area (Å²) >= 11 is 6.97. The Balaban J connectivity index is 1.14. The molecular formula is C34H36ClN9O. The molecule has 11 heteroatoms. The van der Waals surface area contributed by atoms with Crippen molar-refractivity contribution in [2.24, 2.45) is 7.05 Å². The number of anilines is 3. The number of pyridine rings is 1. The van der Waals surface area contributed by atoms with Crippen molar-refractivity contribution in [1.29, 1.82) is 0 Å². The molecular weight excluding hydrogens is 586 g/mol. The number of amides is 1. The van der Waals surface area contributed by atoms with Gasteiger partial charge in [0.15, 0.2) is 11.6 Å². The summed E-state index contributed by atoms with van der Waals surface area (Å²) < 4.78 is 1.90. The van der Waals surface area contributed by atoms with Crippen LogP contribution in [0.1, 0.15) is 46.0 Å². The SMILES string of the molecule is Cc1c(Nc2ncnc3cc(CN4CCCC4)cnc23)cccc1-c1cccc(NC(=O)c2nc3c(n2C)CCN(C)C3)c1Cl. The largest absolute Gasteiger partial charge is 0.338 e. The molecule has 45 heavy (non-hydrogen) atoms. The molecule has 5 aromatic rings. The van der Waals surface area contributed by atoms with E-state index in [4.69, 9.17) is 16.6 Å². The summed E-state index contributed by atoms with van der Waals surface area (Å²) in [5.74, 6) is 0.740. The van der Waals surface area contributed by atoms with E-state index in [9.17, 15) is 4.79 Å². The zero-order chi connectivity index (χ0) is 31.1. The summed E-state index contributed by atoms with van der Waals surface area (Å²) in [5, 5.41) is 6.96. The fourth-order valence-electron chi connectivity index (χ4n) is 6.43. The second kappa shape index (κ2) is 12.2. The third kappa shape index (κ3) is 5.77. The first-order chi connectivity index (χ1) is 21.9. The molecule has 2 aromatic carbocycles. The van der Waals surface area contributed by atoms with Crippen LogP contribution in [0.15, 0.2) is 55.0 Å². The number of likely N-dealkylation sites (tertiary alicyclic amines) is 1. The molecule has 5 heterocycles. The minimum Gasteiger partial charge on any atom is -0.338 e. The van der Waals surface area contributed by atoms with E-state index in [1.165, 1.54) is 12.8 Å². The summed E-state index contributed by atoms with van der Waals surface area (Å²) in [6.45, 7) is 6.87. The average molecular weight is 622 g/mol. The van der Waals surface area contributed by atoms with Gasteiger partial charge in [-0.05, 0) is 74.8 Å². The van der Waals surface area contributed by atoms with Crippen molar-refractivity contribution in [2.75, 3.05) is 37.3 Å². The van der Waals surface area contributed by atoms with Gasteiger partial charge in [-0.15, -0.1) is 0 Å². The van der Waals surface area contributed by atoms with Crippen LogP contribution in [-0.4, -0.2) is 66.9 Å². The van der Waals surface area contributed by atoms with E-state index in [2.05, 4.69) is 48.5 Å². The maximum absolute atomic E-state index is 13.4. The van der Waals surface area contributed by atoms with Gasteiger partial charge < -0.3 is 20.1 Å². The lowest BCUT2D eigenvalue weighted by atomic mass is 9.98. The average Bonchev–Trinajstić information content (AvgIpc) is 3.66. The van der Waals surface area contributed by atoms with E-state index >= 15 is 0 Å². The van der Waals surface area contributed by atoms with Gasteiger partial charge in [0.1, 0.15) is 11.8 Å². The zero-order valence-corrected chi connectivity index (χ0v) is 26.5. The number of benzene rings is 2. The normalized spacial score (nSPS) is 15.4. The summed E-state index contributed by atoms with van der Waals surface area (Å²) in [6, 6.07) is 13.8. The highest BCUT2D eigenvalue weighted by atomic mass is 35.5. The second-order valence-electron chi connectivity index (χ2n) is 12.0. The van der Waals surface area contributed by atoms with Crippen LogP contribution < -0.4 is 10.6 Å². The molecule has 1 fully saturated rings. The van der Waals surface area contributed by atoms with Gasteiger partial charge in [0.05, 0.1) is 21.9 Å². The Bertz CT molecular complexity index is 1910. The van der Waals surface area contributed by atoms with Crippen molar-refractivity contribution in [3.05, 3.63) is 88.4 Å². The molecule has 0 saturated carbocycles. The van der Waals surface area contributed by atoms with Crippen molar-refractivity contribution in [2.45, 2.75) is 39.3 Å². The predicted molar refractivity (Wildman–Crippen MR) is 178 cm³/mol. The molecule has 7 rings (SSSR count). The second-order valence-corrected chi connectivity index (χ2v) is 12.4. The quantitative estimate of drug-likeness (QED) is 0.229. The summed E-state index contributed by atoms with van der Waals surface area (Å²) in [7, 11) is 3.96. The number of imidazole rings is 1. The number of rotatable bonds is 7. The number of carbonyl (C=O) groups excluding carboxylic acids is 1. The van der Waals surface area contributed by atoms with Gasteiger partial charge in [0.25, 0.3) is 5.91 Å². The molecule has 0 atom stereocenters. The van der Waals surface area contributed by atoms with Gasteiger partial charge in [0.2, 0.25) is 0 Å². The lowest BCUT2D eigenvalue weighted by Crippen LogP contribution is -2.27. The number of halogens is 1. The molecule has 2 aliphatic heterocycles. The maximum atomic E-state index is 13.4. The van der Waals surface area contributed by atoms with Gasteiger partial charge in [0, 0.05) is 56.2 Å². The monoisotopic (exact) mass is 621 g/mol. The first kappa shape index (κ1) is 29.3. The van der Waals surface area contributed by atoms with E-state index in [1.54, 1.807) is 6.33 Å². The van der Waals surface area contributed by atoms with Gasteiger partial charge in [-0.2, -0.15) is 0 Å². The number of fused-ring (bicyclic) bond motifs is 2. The van der Waals surface area contributed by atoms with Crippen molar-refractivity contribution in [1.82, 2.24) is 34.3 Å². The lowest BCUT2D eigenvalue weighted by Gasteiger charge is -2.21. The Labute approximate surface area is 267 Å². The lowest BCUT2D eigenvalue weighted by molar-refractivity contribution is 0.101. The van der Waals surface area contributed by atoms with E-state index in [0.29, 0.717) is 22.4 Å². The third-order valence-corrected chi connectivity index (χ3v) is 9.32. The standard InChI is InChI=1S/C34H36ClN9O/c1-21-23(24-9-7-11-26(30(24)35)41-34(45)33-40-28-19-42(2)15-12-29(28)43(33)3)8-6-10-25(21)39-32-31-27(37-20-38-32)16-22(17-36-31)18-44-13-4-5-14-44/h6-11,16-17,20H,4-5,12-15,18-19H2,1-3H3,(H,41,45)(H,37,38,39). The van der Waals surface area contributed by atoms with Crippen LogP contribution in [0.4, 0.5) is 17.2 Å². The van der Waals surface area contributed by atoms with Crippen LogP contribution in [0, 0.1) is 6.92 Å². The number of nitrogens with one attached hydrogen (secondary N) is 2. The van der Waals surface area contributed by atoms with E-state index < -0.39 is 0 Å². The van der Waals surface area contributed by atoms with Gasteiger partial charge in [-0.1, -0.05) is 35.9 Å². The number of likely N-dealkylation sites (N-methyl/N-ethyl adjacent to an activating group) is 1. The van der Waals surface area contributed by atoms with Crippen molar-refractivity contribution in [3.8, 4) is 11.1 Å². The molecule has 0 unspecified atom stereocenters. The smallest absolute Gasteiger partial charge is 0.291 e. The number of hydrogen-bond donors (Lipinski definition) is 2. The van der Waals surface area contributed by atoms with Crippen molar-refractivity contribution >= 4 is 45.7 Å². The number of aromatic nitrogens is 5. The Morgan fingerprint density at radius 1 is 0.978 bits per heavy atom. The van der Waals surface area contributed by atoms with Gasteiger partial charge in [-0.3, -0.25) is 14.7 Å². The van der Waals surface area contributed by atoms with Crippen molar-refractivity contribution in [3.63, 3.8) is 0 Å². The van der Waals surface area contributed by atoms with E-state index in [1.807, 2.05) is 61.1 Å². The molecule has 10 nitrogen and oxygen atoms in total. The molecule has 1 amide bonds. The maximum Gasteiger partial charge on any atom is 0.291 e. The highest BCUT2D eigenvalue weighted by Crippen LogP contribution is 2.38. The molecule has 0 spiro atoms. The highest BCUT2D eigenvalue weighted by molar-refractivity contribution is 6.36. The predicted octanol–water partition coefficient (Wildman–Crippen LogP) is 5.97. The van der Waals surface area contributed by atoms with Gasteiger partial charge in [-0.25, -0.2) is 15.0 Å². The molecule has 0 bridgehead atoms. The van der Waals surface area contributed by atoms with Gasteiger partial charge >= 0.3 is 0 Å². The molecule has 230 valence electrons. The highest BCUT2D eigenvalue weighted by Gasteiger charge is 2.25. The molecule has 1 saturated heterocycles. The van der Waals surface area contributed by atoms with Crippen molar-refractivity contribution < 1.29 is 4.79 Å². The minimum absolute atomic E-state index is 0.285. The first-order valence-electron chi connectivity index (χ1n) is 15.4. The van der Waals surface area contributed by atoms with Crippen LogP contribution in [-0.2, 0) is 26.6 Å². The molecule has 2 N–H and O–H groups in total. The fourth-order valence-corrected chi connectivity index (χ4v) is 6.70. The Morgan fingerprint density at radius 3 is 2.58 bits per heavy atom. The molecule has 3 aromatic heterocycles. The summed E-state index contributed by atoms with van der Waals surface area (Å²) in [5.41, 5.74) is 8.89. The molecule has 2 aliphatic rings. The van der Waals surface area contributed by atoms with E-state index in [-0.39, 0.29) is 5.91 Å². The third-order valence-electron chi connectivity index (χ3n) is 8.91. The first-order valence-corrected chi connectivity index (χ1v) is 15.8. The number of carbonyl (C=O) groups is 1. The van der Waals surface area contributed by atoms with E-state index in [0.717, 1.165) is 89.5 Å². The Morgan fingerprint density at radius 2 is 1.76 bits per heavy atom. The van der Waals surface area contributed by atoms with Crippen LogP contribution >= 0.6 is 11.6 Å². The van der Waals surface area contributed by atoms with Crippen LogP contribution in [0.2, 0.25) is 5.02 Å². The molecule has 0 aliphatic carbocycles. The number of hydrogen-bond acceptors (Lipinski definition) is 8. The minimum atomic E-state index is -0.285. The summed E-state index contributed by atoms with van der Waals surface area (Å²) in [4.78, 5) is 36.5. The Hall–Kier alpha value is -4.38. The van der Waals surface area contributed by atoms with Crippen LogP contribution in [0.25, 0.3) is 22.2 Å². The number of nitrogens with zero attached hydrogens (tertiary/aromatic N) is 7. The summed E-state index contributed by atoms with van der Waals surface area (Å²) in [6.07, 6.45) is 6.87. The zero-order valence-electron chi connectivity index (χ0n) is 25.8. The topological polar surface area (TPSA) is 104 Å². The van der Waals surface area contributed by atoms with Crippen LogP contribution in [0.3, 0.4) is 0 Å². The van der Waals surface area contributed by atoms with Crippen LogP contribution in [0.5, 0.6) is 0 Å².